The Morgan fingerprint density at radius 3 is 2.83 bits per heavy atom. The second-order valence-corrected chi connectivity index (χ2v) is 5.84. The van der Waals surface area contributed by atoms with Crippen LogP contribution in [0, 0.1) is 0 Å². The van der Waals surface area contributed by atoms with Crippen LogP contribution in [-0.2, 0) is 7.05 Å². The van der Waals surface area contributed by atoms with Gasteiger partial charge in [-0.05, 0) is 25.1 Å². The monoisotopic (exact) mass is 328 g/mol. The SMILES string of the molecule is C[C@@H](NC(=O)Nc1ccc2oc(N(C)C)nc2c1)c1cnn(C)c1. The maximum Gasteiger partial charge on any atom is 0.319 e. The number of urea groups is 1. The van der Waals surface area contributed by atoms with Crippen molar-refractivity contribution in [3.05, 3.63) is 36.2 Å². The highest BCUT2D eigenvalue weighted by Crippen LogP contribution is 2.23. The second kappa shape index (κ2) is 6.23. The van der Waals surface area contributed by atoms with E-state index in [1.807, 2.05) is 34.3 Å². The van der Waals surface area contributed by atoms with Crippen LogP contribution in [0.1, 0.15) is 18.5 Å². The Kier molecular flexibility index (Phi) is 4.11. The number of fused-ring (bicyclic) bond motifs is 1. The molecule has 2 N–H and O–H groups in total. The van der Waals surface area contributed by atoms with E-state index in [1.165, 1.54) is 0 Å². The van der Waals surface area contributed by atoms with Crippen molar-refractivity contribution in [3.8, 4) is 0 Å². The first-order chi connectivity index (χ1) is 11.4. The Morgan fingerprint density at radius 2 is 2.17 bits per heavy atom. The standard InChI is InChI=1S/C16H20N6O2/c1-10(11-8-17-22(4)9-11)18-15(23)19-12-5-6-14-13(7-12)20-16(24-14)21(2)3/h5-10H,1-4H3,(H2,18,19,23)/t10-/m1/s1. The van der Waals surface area contributed by atoms with E-state index in [0.29, 0.717) is 22.8 Å². The molecule has 3 aromatic rings. The molecule has 2 amide bonds. The van der Waals surface area contributed by atoms with Crippen LogP contribution in [0.5, 0.6) is 0 Å². The molecule has 0 fully saturated rings. The van der Waals surface area contributed by atoms with Gasteiger partial charge in [-0.25, -0.2) is 4.79 Å². The van der Waals surface area contributed by atoms with Crippen molar-refractivity contribution in [3.63, 3.8) is 0 Å². The number of carbonyl (C=O) groups excluding carboxylic acids is 1. The van der Waals surface area contributed by atoms with Crippen molar-refractivity contribution in [1.29, 1.82) is 0 Å². The number of aryl methyl sites for hydroxylation is 1. The number of hydrogen-bond donors (Lipinski definition) is 2. The molecule has 0 unspecified atom stereocenters. The molecule has 1 atom stereocenters. The molecular formula is C16H20N6O2. The fourth-order valence-corrected chi connectivity index (χ4v) is 2.30. The van der Waals surface area contributed by atoms with E-state index in [4.69, 9.17) is 4.42 Å². The topological polar surface area (TPSA) is 88.2 Å². The highest BCUT2D eigenvalue weighted by molar-refractivity contribution is 5.92. The quantitative estimate of drug-likeness (QED) is 0.768. The number of carbonyl (C=O) groups is 1. The van der Waals surface area contributed by atoms with Gasteiger partial charge in [0.1, 0.15) is 5.52 Å². The number of nitrogens with zero attached hydrogens (tertiary/aromatic N) is 4. The van der Waals surface area contributed by atoms with Crippen molar-refractivity contribution in [2.75, 3.05) is 24.3 Å². The van der Waals surface area contributed by atoms with Crippen LogP contribution in [-0.4, -0.2) is 34.9 Å². The van der Waals surface area contributed by atoms with Gasteiger partial charge in [0.05, 0.1) is 12.2 Å². The normalized spacial score (nSPS) is 12.2. The molecule has 126 valence electrons. The molecule has 1 aromatic carbocycles. The summed E-state index contributed by atoms with van der Waals surface area (Å²) in [7, 11) is 5.56. The largest absolute Gasteiger partial charge is 0.423 e. The highest BCUT2D eigenvalue weighted by Gasteiger charge is 2.12. The summed E-state index contributed by atoms with van der Waals surface area (Å²) in [5.74, 6) is 0. The van der Waals surface area contributed by atoms with Crippen LogP contribution >= 0.6 is 0 Å². The molecular weight excluding hydrogens is 308 g/mol. The molecule has 8 heteroatoms. The van der Waals surface area contributed by atoms with Crippen molar-refractivity contribution < 1.29 is 9.21 Å². The Balaban J connectivity index is 1.68. The van der Waals surface area contributed by atoms with Gasteiger partial charge in [-0.3, -0.25) is 4.68 Å². The smallest absolute Gasteiger partial charge is 0.319 e. The molecule has 0 radical (unpaired) electrons. The summed E-state index contributed by atoms with van der Waals surface area (Å²) in [5.41, 5.74) is 2.96. The average molecular weight is 328 g/mol. The Hall–Kier alpha value is -3.03. The zero-order chi connectivity index (χ0) is 17.3. The van der Waals surface area contributed by atoms with Crippen LogP contribution in [0.2, 0.25) is 0 Å². The van der Waals surface area contributed by atoms with Gasteiger partial charge in [0, 0.05) is 38.6 Å². The number of nitrogens with one attached hydrogen (secondary N) is 2. The summed E-state index contributed by atoms with van der Waals surface area (Å²) in [4.78, 5) is 18.3. The summed E-state index contributed by atoms with van der Waals surface area (Å²) in [6.45, 7) is 1.90. The van der Waals surface area contributed by atoms with Gasteiger partial charge in [-0.1, -0.05) is 0 Å². The number of rotatable bonds is 4. The lowest BCUT2D eigenvalue weighted by Crippen LogP contribution is -2.31. The molecule has 24 heavy (non-hydrogen) atoms. The minimum atomic E-state index is -0.290. The van der Waals surface area contributed by atoms with E-state index in [9.17, 15) is 4.79 Å². The lowest BCUT2D eigenvalue weighted by Gasteiger charge is -2.13. The van der Waals surface area contributed by atoms with Crippen molar-refractivity contribution in [2.24, 2.45) is 7.05 Å². The predicted octanol–water partition coefficient (Wildman–Crippen LogP) is 2.51. The molecule has 0 aliphatic heterocycles. The third kappa shape index (κ3) is 3.32. The van der Waals surface area contributed by atoms with Crippen molar-refractivity contribution in [1.82, 2.24) is 20.1 Å². The number of anilines is 2. The number of benzene rings is 1. The minimum absolute atomic E-state index is 0.144. The zero-order valence-corrected chi connectivity index (χ0v) is 14.1. The van der Waals surface area contributed by atoms with E-state index in [2.05, 4.69) is 20.7 Å². The van der Waals surface area contributed by atoms with Gasteiger partial charge in [0.25, 0.3) is 6.01 Å². The number of amides is 2. The third-order valence-corrected chi connectivity index (χ3v) is 3.59. The van der Waals surface area contributed by atoms with E-state index in [0.717, 1.165) is 5.56 Å². The molecule has 0 saturated carbocycles. The maximum absolute atomic E-state index is 12.2. The molecule has 0 bridgehead atoms. The molecule has 3 rings (SSSR count). The first kappa shape index (κ1) is 15.9. The van der Waals surface area contributed by atoms with Gasteiger partial charge in [-0.15, -0.1) is 0 Å². The van der Waals surface area contributed by atoms with Gasteiger partial charge < -0.3 is 20.0 Å². The average Bonchev–Trinajstić information content (AvgIpc) is 3.12. The summed E-state index contributed by atoms with van der Waals surface area (Å²) < 4.78 is 7.29. The molecule has 0 aliphatic carbocycles. The van der Waals surface area contributed by atoms with Gasteiger partial charge in [-0.2, -0.15) is 10.1 Å². The Morgan fingerprint density at radius 1 is 1.38 bits per heavy atom. The molecule has 2 heterocycles. The predicted molar refractivity (Wildman–Crippen MR) is 92.1 cm³/mol. The molecule has 0 aliphatic rings. The van der Waals surface area contributed by atoms with E-state index in [1.54, 1.807) is 34.0 Å². The molecule has 8 nitrogen and oxygen atoms in total. The van der Waals surface area contributed by atoms with Crippen LogP contribution in [0.4, 0.5) is 16.5 Å². The summed E-state index contributed by atoms with van der Waals surface area (Å²) >= 11 is 0. The van der Waals surface area contributed by atoms with Crippen LogP contribution < -0.4 is 15.5 Å². The second-order valence-electron chi connectivity index (χ2n) is 5.84. The summed E-state index contributed by atoms with van der Waals surface area (Å²) in [6.07, 6.45) is 3.60. The van der Waals surface area contributed by atoms with Crippen molar-refractivity contribution >= 4 is 28.8 Å². The van der Waals surface area contributed by atoms with Crippen LogP contribution in [0.3, 0.4) is 0 Å². The van der Waals surface area contributed by atoms with Crippen molar-refractivity contribution in [2.45, 2.75) is 13.0 Å². The van der Waals surface area contributed by atoms with Gasteiger partial charge in [0.15, 0.2) is 5.58 Å². The van der Waals surface area contributed by atoms with E-state index < -0.39 is 0 Å². The lowest BCUT2D eigenvalue weighted by atomic mass is 10.2. The number of aromatic nitrogens is 3. The fourth-order valence-electron chi connectivity index (χ4n) is 2.30. The summed E-state index contributed by atoms with van der Waals surface area (Å²) in [5, 5.41) is 9.78. The Labute approximate surface area is 139 Å². The lowest BCUT2D eigenvalue weighted by molar-refractivity contribution is 0.249. The van der Waals surface area contributed by atoms with Crippen LogP contribution in [0.25, 0.3) is 11.1 Å². The number of oxazole rings is 1. The Bertz CT molecular complexity index is 866. The fraction of sp³-hybridized carbons (Fsp3) is 0.312. The first-order valence-corrected chi connectivity index (χ1v) is 7.56. The maximum atomic E-state index is 12.2. The van der Waals surface area contributed by atoms with Crippen LogP contribution in [0.15, 0.2) is 35.0 Å². The van der Waals surface area contributed by atoms with E-state index >= 15 is 0 Å². The number of hydrogen-bond acceptors (Lipinski definition) is 5. The molecule has 0 saturated heterocycles. The minimum Gasteiger partial charge on any atom is -0.423 e. The molecule has 2 aromatic heterocycles. The molecule has 0 spiro atoms. The summed E-state index contributed by atoms with van der Waals surface area (Å²) in [6, 6.07) is 5.44. The third-order valence-electron chi connectivity index (χ3n) is 3.59. The van der Waals surface area contributed by atoms with E-state index in [-0.39, 0.29) is 12.1 Å². The van der Waals surface area contributed by atoms with Gasteiger partial charge in [0.2, 0.25) is 0 Å². The zero-order valence-electron chi connectivity index (χ0n) is 14.1. The van der Waals surface area contributed by atoms with Gasteiger partial charge >= 0.3 is 6.03 Å². The highest BCUT2D eigenvalue weighted by atomic mass is 16.4. The first-order valence-electron chi connectivity index (χ1n) is 7.56.